The first-order valence-corrected chi connectivity index (χ1v) is 6.09. The van der Waals surface area contributed by atoms with Crippen LogP contribution in [0.15, 0.2) is 12.4 Å². The first kappa shape index (κ1) is 10.4. The molecule has 0 atom stereocenters. The molecular weight excluding hydrogens is 216 g/mol. The highest BCUT2D eigenvalue weighted by atomic mass is 15.5. The molecule has 0 aliphatic heterocycles. The van der Waals surface area contributed by atoms with Crippen molar-refractivity contribution < 1.29 is 0 Å². The third-order valence-corrected chi connectivity index (χ3v) is 3.92. The van der Waals surface area contributed by atoms with Gasteiger partial charge in [0, 0.05) is 6.54 Å². The minimum absolute atomic E-state index is 0.468. The maximum Gasteiger partial charge on any atom is 0.199 e. The van der Waals surface area contributed by atoms with Crippen molar-refractivity contribution in [1.29, 1.82) is 0 Å². The summed E-state index contributed by atoms with van der Waals surface area (Å²) < 4.78 is 1.69. The van der Waals surface area contributed by atoms with E-state index in [-0.39, 0.29) is 0 Å². The Labute approximate surface area is 99.4 Å². The minimum atomic E-state index is 0.468. The third-order valence-electron chi connectivity index (χ3n) is 3.92. The number of aromatic nitrogens is 5. The molecule has 0 spiro atoms. The number of tetrazole rings is 1. The lowest BCUT2D eigenvalue weighted by molar-refractivity contribution is 0.145. The van der Waals surface area contributed by atoms with E-state index in [0.717, 1.165) is 12.4 Å². The summed E-state index contributed by atoms with van der Waals surface area (Å²) in [6.07, 6.45) is 8.63. The highest BCUT2D eigenvalue weighted by molar-refractivity contribution is 5.43. The molecule has 1 aliphatic carbocycles. The zero-order valence-corrected chi connectivity index (χ0v) is 9.93. The fourth-order valence-electron chi connectivity index (χ4n) is 2.41. The van der Waals surface area contributed by atoms with Crippen LogP contribution < -0.4 is 5.32 Å². The second kappa shape index (κ2) is 3.94. The summed E-state index contributed by atoms with van der Waals surface area (Å²) in [7, 11) is 0. The largest absolute Gasteiger partial charge is 0.368 e. The number of fused-ring (bicyclic) bond motifs is 1. The van der Waals surface area contributed by atoms with Gasteiger partial charge in [-0.05, 0) is 35.1 Å². The van der Waals surface area contributed by atoms with Crippen LogP contribution in [0.3, 0.4) is 0 Å². The molecule has 2 aromatic rings. The van der Waals surface area contributed by atoms with Crippen LogP contribution in [0.25, 0.3) is 5.65 Å². The van der Waals surface area contributed by atoms with Gasteiger partial charge in [0.05, 0.1) is 12.4 Å². The normalized spacial score (nSPS) is 17.9. The highest BCUT2D eigenvalue weighted by Crippen LogP contribution is 2.43. The summed E-state index contributed by atoms with van der Waals surface area (Å²) >= 11 is 0. The van der Waals surface area contributed by atoms with Gasteiger partial charge in [-0.3, -0.25) is 4.98 Å². The molecule has 6 nitrogen and oxygen atoms in total. The summed E-state index contributed by atoms with van der Waals surface area (Å²) in [5, 5.41) is 14.9. The van der Waals surface area contributed by atoms with E-state index in [4.69, 9.17) is 0 Å². The summed E-state index contributed by atoms with van der Waals surface area (Å²) in [5.74, 6) is 0.868. The summed E-state index contributed by atoms with van der Waals surface area (Å²) in [6, 6.07) is 0. The maximum atomic E-state index is 4.13. The number of hydrogen-bond donors (Lipinski definition) is 1. The number of anilines is 1. The van der Waals surface area contributed by atoms with Crippen molar-refractivity contribution >= 4 is 11.5 Å². The quantitative estimate of drug-likeness (QED) is 0.865. The molecule has 2 heterocycles. The van der Waals surface area contributed by atoms with Crippen LogP contribution in [0.4, 0.5) is 5.82 Å². The molecule has 3 rings (SSSR count). The van der Waals surface area contributed by atoms with Gasteiger partial charge in [0.25, 0.3) is 0 Å². The third kappa shape index (κ3) is 1.73. The lowest BCUT2D eigenvalue weighted by Crippen LogP contribution is -2.36. The van der Waals surface area contributed by atoms with Gasteiger partial charge < -0.3 is 5.32 Å². The Kier molecular flexibility index (Phi) is 2.42. The number of hydrogen-bond acceptors (Lipinski definition) is 5. The van der Waals surface area contributed by atoms with Crippen LogP contribution >= 0.6 is 0 Å². The van der Waals surface area contributed by atoms with E-state index in [1.54, 1.807) is 16.9 Å². The molecule has 1 saturated carbocycles. The molecule has 1 fully saturated rings. The Morgan fingerprint density at radius 3 is 3.00 bits per heavy atom. The van der Waals surface area contributed by atoms with Gasteiger partial charge in [-0.2, -0.15) is 4.52 Å². The first-order valence-electron chi connectivity index (χ1n) is 6.09. The lowest BCUT2D eigenvalue weighted by Gasteiger charge is -2.41. The Hall–Kier alpha value is -1.72. The van der Waals surface area contributed by atoms with E-state index < -0.39 is 0 Å². The van der Waals surface area contributed by atoms with Crippen molar-refractivity contribution in [3.8, 4) is 0 Å². The smallest absolute Gasteiger partial charge is 0.199 e. The summed E-state index contributed by atoms with van der Waals surface area (Å²) in [6.45, 7) is 3.24. The van der Waals surface area contributed by atoms with Crippen molar-refractivity contribution in [2.24, 2.45) is 5.41 Å². The zero-order chi connectivity index (χ0) is 11.7. The Morgan fingerprint density at radius 1 is 1.41 bits per heavy atom. The number of nitrogens with one attached hydrogen (secondary N) is 1. The van der Waals surface area contributed by atoms with Gasteiger partial charge in [0.2, 0.25) is 0 Å². The second-order valence-corrected chi connectivity index (χ2v) is 4.80. The summed E-state index contributed by atoms with van der Waals surface area (Å²) in [4.78, 5) is 4.13. The molecule has 0 saturated heterocycles. The monoisotopic (exact) mass is 232 g/mol. The van der Waals surface area contributed by atoms with E-state index in [9.17, 15) is 0 Å². The van der Waals surface area contributed by atoms with Gasteiger partial charge in [0.1, 0.15) is 5.82 Å². The predicted octanol–water partition coefficient (Wildman–Crippen LogP) is 1.51. The average Bonchev–Trinajstić information content (AvgIpc) is 2.77. The molecule has 1 aliphatic rings. The predicted molar refractivity (Wildman–Crippen MR) is 63.6 cm³/mol. The lowest BCUT2D eigenvalue weighted by atomic mass is 9.67. The van der Waals surface area contributed by atoms with Crippen molar-refractivity contribution in [1.82, 2.24) is 25.0 Å². The van der Waals surface area contributed by atoms with Crippen molar-refractivity contribution in [2.45, 2.75) is 32.6 Å². The summed E-state index contributed by atoms with van der Waals surface area (Å²) in [5.41, 5.74) is 1.14. The van der Waals surface area contributed by atoms with Crippen LogP contribution in [-0.4, -0.2) is 31.6 Å². The molecule has 0 amide bonds. The van der Waals surface area contributed by atoms with Crippen molar-refractivity contribution in [2.75, 3.05) is 11.9 Å². The van der Waals surface area contributed by atoms with Crippen LogP contribution in [0.1, 0.15) is 32.6 Å². The fourth-order valence-corrected chi connectivity index (χ4v) is 2.41. The van der Waals surface area contributed by atoms with E-state index in [2.05, 4.69) is 32.7 Å². The maximum absolute atomic E-state index is 4.13. The van der Waals surface area contributed by atoms with Crippen molar-refractivity contribution in [3.05, 3.63) is 12.4 Å². The fraction of sp³-hybridized carbons (Fsp3) is 0.636. The first-order chi connectivity index (χ1) is 8.33. The highest BCUT2D eigenvalue weighted by Gasteiger charge is 2.34. The van der Waals surface area contributed by atoms with Gasteiger partial charge in [-0.1, -0.05) is 13.3 Å². The number of nitrogens with zero attached hydrogens (tertiary/aromatic N) is 5. The van der Waals surface area contributed by atoms with Gasteiger partial charge in [-0.25, -0.2) is 0 Å². The van der Waals surface area contributed by atoms with Crippen LogP contribution in [0, 0.1) is 5.41 Å². The van der Waals surface area contributed by atoms with Crippen molar-refractivity contribution in [3.63, 3.8) is 0 Å². The van der Waals surface area contributed by atoms with Crippen LogP contribution in [0.5, 0.6) is 0 Å². The molecule has 1 N–H and O–H groups in total. The Balaban J connectivity index is 1.78. The van der Waals surface area contributed by atoms with Crippen LogP contribution in [0.2, 0.25) is 0 Å². The van der Waals surface area contributed by atoms with E-state index >= 15 is 0 Å². The number of rotatable bonds is 4. The van der Waals surface area contributed by atoms with E-state index in [0.29, 0.717) is 11.1 Å². The average molecular weight is 232 g/mol. The topological polar surface area (TPSA) is 68.0 Å². The van der Waals surface area contributed by atoms with E-state index in [1.807, 2.05) is 0 Å². The second-order valence-electron chi connectivity index (χ2n) is 4.80. The molecule has 0 unspecified atom stereocenters. The molecule has 6 heteroatoms. The van der Waals surface area contributed by atoms with Gasteiger partial charge >= 0.3 is 0 Å². The zero-order valence-electron chi connectivity index (χ0n) is 9.93. The molecule has 17 heavy (non-hydrogen) atoms. The SMILES string of the molecule is CCC1(CNc2cncc3nnnn23)CCC1. The standard InChI is InChI=1S/C11H16N6/c1-2-11(4-3-5-11)8-13-9-6-12-7-10-14-15-16-17(9)10/h6-7,13H,2-5,8H2,1H3. The van der Waals surface area contributed by atoms with Crippen LogP contribution in [-0.2, 0) is 0 Å². The molecule has 0 bridgehead atoms. The Bertz CT molecular complexity index is 510. The molecular formula is C11H16N6. The van der Waals surface area contributed by atoms with E-state index in [1.165, 1.54) is 25.7 Å². The molecule has 2 aromatic heterocycles. The van der Waals surface area contributed by atoms with Gasteiger partial charge in [-0.15, -0.1) is 5.10 Å². The molecule has 0 aromatic carbocycles. The minimum Gasteiger partial charge on any atom is -0.368 e. The Morgan fingerprint density at radius 2 is 2.29 bits per heavy atom. The van der Waals surface area contributed by atoms with Gasteiger partial charge in [0.15, 0.2) is 5.65 Å². The molecule has 90 valence electrons. The molecule has 0 radical (unpaired) electrons.